The summed E-state index contributed by atoms with van der Waals surface area (Å²) in [6, 6.07) is 5.12. The molecule has 0 aliphatic carbocycles. The van der Waals surface area contributed by atoms with Crippen molar-refractivity contribution in [3.05, 3.63) is 29.3 Å². The molecule has 0 aromatic heterocycles. The van der Waals surface area contributed by atoms with E-state index in [9.17, 15) is 9.32 Å². The standard InChI is InChI=1S/C11H12FNO2/c1-13-6-2-3-8-7-9(11(14)15-12)4-5-10(8)13/h4-5,7H,2-3,6H2,1H3. The highest BCUT2D eigenvalue weighted by Gasteiger charge is 2.16. The van der Waals surface area contributed by atoms with Gasteiger partial charge < -0.3 is 4.90 Å². The highest BCUT2D eigenvalue weighted by Crippen LogP contribution is 2.26. The molecular formula is C11H12FNO2. The van der Waals surface area contributed by atoms with Gasteiger partial charge in [0, 0.05) is 23.8 Å². The molecule has 0 saturated carbocycles. The van der Waals surface area contributed by atoms with Gasteiger partial charge >= 0.3 is 5.97 Å². The Balaban J connectivity index is 2.37. The van der Waals surface area contributed by atoms with Crippen molar-refractivity contribution >= 4 is 11.7 Å². The molecule has 0 atom stereocenters. The van der Waals surface area contributed by atoms with E-state index in [1.54, 1.807) is 12.1 Å². The first-order valence-corrected chi connectivity index (χ1v) is 4.89. The smallest absolute Gasteiger partial charge is 0.374 e. The molecule has 0 bridgehead atoms. The zero-order valence-corrected chi connectivity index (χ0v) is 8.50. The first-order valence-electron chi connectivity index (χ1n) is 4.89. The molecule has 0 saturated heterocycles. The lowest BCUT2D eigenvalue weighted by Crippen LogP contribution is -2.24. The summed E-state index contributed by atoms with van der Waals surface area (Å²) in [6.45, 7) is 1.01. The molecule has 0 radical (unpaired) electrons. The molecule has 3 nitrogen and oxygen atoms in total. The average molecular weight is 209 g/mol. The molecule has 0 fully saturated rings. The Morgan fingerprint density at radius 1 is 1.53 bits per heavy atom. The topological polar surface area (TPSA) is 29.5 Å². The van der Waals surface area contributed by atoms with Crippen LogP contribution < -0.4 is 4.90 Å². The maximum absolute atomic E-state index is 11.7. The number of aryl methyl sites for hydroxylation is 1. The van der Waals surface area contributed by atoms with Crippen molar-refractivity contribution in [1.29, 1.82) is 0 Å². The predicted molar refractivity (Wildman–Crippen MR) is 54.6 cm³/mol. The largest absolute Gasteiger partial charge is 0.379 e. The van der Waals surface area contributed by atoms with Gasteiger partial charge in [0.05, 0.1) is 5.56 Å². The van der Waals surface area contributed by atoms with Crippen molar-refractivity contribution < 1.29 is 14.3 Å². The van der Waals surface area contributed by atoms with Crippen LogP contribution in [0.1, 0.15) is 22.3 Å². The monoisotopic (exact) mass is 209 g/mol. The zero-order chi connectivity index (χ0) is 10.8. The Bertz CT molecular complexity index is 392. The van der Waals surface area contributed by atoms with Crippen molar-refractivity contribution in [3.8, 4) is 0 Å². The third-order valence-electron chi connectivity index (χ3n) is 2.74. The number of carbonyl (C=O) groups excluding carboxylic acids is 1. The van der Waals surface area contributed by atoms with E-state index < -0.39 is 5.97 Å². The van der Waals surface area contributed by atoms with Gasteiger partial charge in [0.15, 0.2) is 0 Å². The third kappa shape index (κ3) is 1.79. The molecule has 4 heteroatoms. The fourth-order valence-electron chi connectivity index (χ4n) is 1.96. The maximum atomic E-state index is 11.7. The zero-order valence-electron chi connectivity index (χ0n) is 8.50. The molecule has 15 heavy (non-hydrogen) atoms. The Kier molecular flexibility index (Phi) is 2.58. The summed E-state index contributed by atoms with van der Waals surface area (Å²) < 4.78 is 11.7. The maximum Gasteiger partial charge on any atom is 0.379 e. The van der Waals surface area contributed by atoms with Crippen molar-refractivity contribution in [2.45, 2.75) is 12.8 Å². The number of carbonyl (C=O) groups is 1. The fourth-order valence-corrected chi connectivity index (χ4v) is 1.96. The van der Waals surface area contributed by atoms with Crippen LogP contribution in [0.4, 0.5) is 10.2 Å². The normalized spacial score (nSPS) is 14.7. The van der Waals surface area contributed by atoms with Crippen molar-refractivity contribution in [1.82, 2.24) is 0 Å². The lowest BCUT2D eigenvalue weighted by molar-refractivity contribution is -0.0788. The molecule has 0 spiro atoms. The van der Waals surface area contributed by atoms with E-state index in [1.807, 2.05) is 13.1 Å². The second-order valence-electron chi connectivity index (χ2n) is 3.73. The van der Waals surface area contributed by atoms with E-state index in [0.717, 1.165) is 30.6 Å². The molecule has 2 rings (SSSR count). The van der Waals surface area contributed by atoms with E-state index in [0.29, 0.717) is 0 Å². The second kappa shape index (κ2) is 3.88. The molecule has 1 aliphatic heterocycles. The van der Waals surface area contributed by atoms with Crippen LogP contribution in [-0.2, 0) is 11.4 Å². The minimum atomic E-state index is -0.925. The van der Waals surface area contributed by atoms with Crippen LogP contribution >= 0.6 is 0 Å². The van der Waals surface area contributed by atoms with Crippen LogP contribution in [0, 0.1) is 0 Å². The van der Waals surface area contributed by atoms with Crippen molar-refractivity contribution in [3.63, 3.8) is 0 Å². The number of hydrogen-bond donors (Lipinski definition) is 0. The minimum Gasteiger partial charge on any atom is -0.374 e. The Morgan fingerprint density at radius 2 is 2.33 bits per heavy atom. The van der Waals surface area contributed by atoms with E-state index >= 15 is 0 Å². The summed E-state index contributed by atoms with van der Waals surface area (Å²) in [5.41, 5.74) is 2.45. The quantitative estimate of drug-likeness (QED) is 0.709. The first kappa shape index (κ1) is 9.96. The van der Waals surface area contributed by atoms with Crippen LogP contribution in [0.25, 0.3) is 0 Å². The van der Waals surface area contributed by atoms with Crippen LogP contribution in [0.15, 0.2) is 18.2 Å². The van der Waals surface area contributed by atoms with Crippen LogP contribution in [0.5, 0.6) is 0 Å². The first-order chi connectivity index (χ1) is 7.22. The van der Waals surface area contributed by atoms with Gasteiger partial charge in [-0.25, -0.2) is 9.74 Å². The van der Waals surface area contributed by atoms with Crippen LogP contribution in [0.2, 0.25) is 0 Å². The molecule has 1 aromatic rings. The average Bonchev–Trinajstić information content (AvgIpc) is 2.28. The van der Waals surface area contributed by atoms with Crippen LogP contribution in [0.3, 0.4) is 0 Å². The number of hydrogen-bond acceptors (Lipinski definition) is 3. The molecular weight excluding hydrogens is 197 g/mol. The summed E-state index contributed by atoms with van der Waals surface area (Å²) in [5.74, 6) is -0.925. The number of nitrogens with zero attached hydrogens (tertiary/aromatic N) is 1. The number of fused-ring (bicyclic) bond motifs is 1. The lowest BCUT2D eigenvalue weighted by Gasteiger charge is -2.27. The summed E-state index contributed by atoms with van der Waals surface area (Å²) >= 11 is 0. The molecule has 0 unspecified atom stereocenters. The summed E-state index contributed by atoms with van der Waals surface area (Å²) in [7, 11) is 2.01. The molecule has 0 N–H and O–H groups in total. The van der Waals surface area contributed by atoms with Gasteiger partial charge in [-0.3, -0.25) is 0 Å². The van der Waals surface area contributed by atoms with Gasteiger partial charge in [-0.1, -0.05) is 0 Å². The van der Waals surface area contributed by atoms with E-state index in [-0.39, 0.29) is 5.56 Å². The molecule has 1 heterocycles. The Labute approximate surface area is 87.4 Å². The Morgan fingerprint density at radius 3 is 3.07 bits per heavy atom. The van der Waals surface area contributed by atoms with Gasteiger partial charge in [-0.2, -0.15) is 0 Å². The highest BCUT2D eigenvalue weighted by molar-refractivity contribution is 5.90. The van der Waals surface area contributed by atoms with Gasteiger partial charge in [-0.15, -0.1) is 0 Å². The number of rotatable bonds is 1. The van der Waals surface area contributed by atoms with Gasteiger partial charge in [-0.05, 0) is 36.6 Å². The van der Waals surface area contributed by atoms with Gasteiger partial charge in [0.2, 0.25) is 0 Å². The minimum absolute atomic E-state index is 0.270. The fraction of sp³-hybridized carbons (Fsp3) is 0.364. The van der Waals surface area contributed by atoms with Gasteiger partial charge in [0.1, 0.15) is 0 Å². The number of halogens is 1. The predicted octanol–water partition coefficient (Wildman–Crippen LogP) is 2.11. The molecule has 0 amide bonds. The highest BCUT2D eigenvalue weighted by atomic mass is 19.3. The second-order valence-corrected chi connectivity index (χ2v) is 3.73. The van der Waals surface area contributed by atoms with E-state index in [1.165, 1.54) is 0 Å². The third-order valence-corrected chi connectivity index (χ3v) is 2.74. The Hall–Kier alpha value is -1.58. The van der Waals surface area contributed by atoms with Crippen molar-refractivity contribution in [2.24, 2.45) is 0 Å². The summed E-state index contributed by atoms with van der Waals surface area (Å²) in [5, 5.41) is 0. The lowest BCUT2D eigenvalue weighted by atomic mass is 10.00. The molecule has 1 aromatic carbocycles. The summed E-state index contributed by atoms with van der Waals surface area (Å²) in [6.07, 6.45) is 1.98. The SMILES string of the molecule is CN1CCCc2cc(C(=O)OF)ccc21. The van der Waals surface area contributed by atoms with Gasteiger partial charge in [0.25, 0.3) is 0 Å². The molecule has 80 valence electrons. The van der Waals surface area contributed by atoms with E-state index in [2.05, 4.69) is 9.84 Å². The number of anilines is 1. The van der Waals surface area contributed by atoms with Crippen LogP contribution in [-0.4, -0.2) is 19.6 Å². The summed E-state index contributed by atoms with van der Waals surface area (Å²) in [4.78, 5) is 16.3. The molecule has 1 aliphatic rings. The number of benzene rings is 1. The van der Waals surface area contributed by atoms with Crippen molar-refractivity contribution in [2.75, 3.05) is 18.5 Å². The van der Waals surface area contributed by atoms with E-state index in [4.69, 9.17) is 0 Å².